The van der Waals surface area contributed by atoms with Gasteiger partial charge in [-0.3, -0.25) is 9.79 Å². The molecule has 0 aliphatic carbocycles. The summed E-state index contributed by atoms with van der Waals surface area (Å²) in [5, 5.41) is 9.09. The molecule has 0 spiro atoms. The molecule has 0 bridgehead atoms. The second kappa shape index (κ2) is 10.1. The number of hydrogen-bond acceptors (Lipinski definition) is 3. The lowest BCUT2D eigenvalue weighted by Crippen LogP contribution is -2.42. The minimum atomic E-state index is -0.0978. The Bertz CT molecular complexity index is 742. The third-order valence-electron chi connectivity index (χ3n) is 3.83. The number of carbonyl (C=O) groups excluding carboxylic acids is 1. The van der Waals surface area contributed by atoms with Gasteiger partial charge in [0, 0.05) is 20.1 Å². The molecule has 0 saturated heterocycles. The highest BCUT2D eigenvalue weighted by molar-refractivity contribution is 5.86. The lowest BCUT2D eigenvalue weighted by Gasteiger charge is -2.12. The molecule has 3 N–H and O–H groups in total. The molecule has 0 aliphatic heterocycles. The van der Waals surface area contributed by atoms with Crippen LogP contribution in [0.25, 0.3) is 0 Å². The van der Waals surface area contributed by atoms with Crippen molar-refractivity contribution in [2.45, 2.75) is 20.0 Å². The molecule has 0 unspecified atom stereocenters. The molecule has 0 radical (unpaired) electrons. The summed E-state index contributed by atoms with van der Waals surface area (Å²) in [6.45, 7) is 3.34. The lowest BCUT2D eigenvalue weighted by molar-refractivity contribution is -0.120. The van der Waals surface area contributed by atoms with Crippen molar-refractivity contribution in [1.29, 1.82) is 0 Å². The van der Waals surface area contributed by atoms with E-state index >= 15 is 0 Å². The summed E-state index contributed by atoms with van der Waals surface area (Å²) in [4.78, 5) is 16.1. The normalized spacial score (nSPS) is 11.0. The third kappa shape index (κ3) is 6.47. The van der Waals surface area contributed by atoms with Crippen LogP contribution in [-0.4, -0.2) is 32.6 Å². The Hall–Kier alpha value is -3.02. The molecule has 0 aromatic heterocycles. The standard InChI is InChI=1S/C20H26N4O2/c1-15-5-4-6-17(11-15)13-23-20(21-2)24-14-19(25)22-12-16-7-9-18(26-3)10-8-16/h4-11H,12-14H2,1-3H3,(H,22,25)(H2,21,23,24). The SMILES string of the molecule is CN=C(NCC(=O)NCc1ccc(OC)cc1)NCc1cccc(C)c1. The topological polar surface area (TPSA) is 74.8 Å². The van der Waals surface area contributed by atoms with Crippen molar-refractivity contribution < 1.29 is 9.53 Å². The largest absolute Gasteiger partial charge is 0.497 e. The number of carbonyl (C=O) groups is 1. The molecule has 6 heteroatoms. The van der Waals surface area contributed by atoms with E-state index in [0.717, 1.165) is 16.9 Å². The van der Waals surface area contributed by atoms with E-state index in [4.69, 9.17) is 4.74 Å². The van der Waals surface area contributed by atoms with Crippen molar-refractivity contribution in [3.8, 4) is 5.75 Å². The van der Waals surface area contributed by atoms with Gasteiger partial charge in [-0.05, 0) is 30.2 Å². The van der Waals surface area contributed by atoms with Crippen molar-refractivity contribution in [2.75, 3.05) is 20.7 Å². The highest BCUT2D eigenvalue weighted by atomic mass is 16.5. The fraction of sp³-hybridized carbons (Fsp3) is 0.300. The van der Waals surface area contributed by atoms with Crippen molar-refractivity contribution >= 4 is 11.9 Å². The number of nitrogens with zero attached hydrogens (tertiary/aromatic N) is 1. The maximum atomic E-state index is 12.0. The zero-order valence-electron chi connectivity index (χ0n) is 15.5. The molecule has 6 nitrogen and oxygen atoms in total. The summed E-state index contributed by atoms with van der Waals surface area (Å²) in [6, 6.07) is 15.8. The van der Waals surface area contributed by atoms with E-state index in [1.54, 1.807) is 14.2 Å². The van der Waals surface area contributed by atoms with Crippen molar-refractivity contribution in [3.63, 3.8) is 0 Å². The Labute approximate surface area is 154 Å². The number of aryl methyl sites for hydroxylation is 1. The molecule has 0 fully saturated rings. The zero-order chi connectivity index (χ0) is 18.8. The molecule has 1 amide bonds. The van der Waals surface area contributed by atoms with E-state index in [-0.39, 0.29) is 12.5 Å². The Morgan fingerprint density at radius 1 is 1.00 bits per heavy atom. The number of guanidine groups is 1. The van der Waals surface area contributed by atoms with Crippen LogP contribution < -0.4 is 20.7 Å². The van der Waals surface area contributed by atoms with Gasteiger partial charge < -0.3 is 20.7 Å². The van der Waals surface area contributed by atoms with Crippen LogP contribution in [0, 0.1) is 6.92 Å². The maximum Gasteiger partial charge on any atom is 0.239 e. The predicted octanol–water partition coefficient (Wildman–Crippen LogP) is 1.99. The molecule has 2 aromatic carbocycles. The van der Waals surface area contributed by atoms with Gasteiger partial charge in [0.2, 0.25) is 5.91 Å². The quantitative estimate of drug-likeness (QED) is 0.525. The van der Waals surface area contributed by atoms with Crippen molar-refractivity contribution in [2.24, 2.45) is 4.99 Å². The molecule has 138 valence electrons. The summed E-state index contributed by atoms with van der Waals surface area (Å²) in [7, 11) is 3.31. The van der Waals surface area contributed by atoms with Crippen molar-refractivity contribution in [1.82, 2.24) is 16.0 Å². The number of rotatable bonds is 7. The first-order valence-corrected chi connectivity index (χ1v) is 8.50. The Morgan fingerprint density at radius 3 is 2.38 bits per heavy atom. The van der Waals surface area contributed by atoms with Gasteiger partial charge in [-0.2, -0.15) is 0 Å². The number of nitrogens with one attached hydrogen (secondary N) is 3. The van der Waals surface area contributed by atoms with Crippen LogP contribution in [0.5, 0.6) is 5.75 Å². The van der Waals surface area contributed by atoms with E-state index in [1.165, 1.54) is 5.56 Å². The molecular weight excluding hydrogens is 328 g/mol. The third-order valence-corrected chi connectivity index (χ3v) is 3.83. The number of amides is 1. The number of methoxy groups -OCH3 is 1. The van der Waals surface area contributed by atoms with Gasteiger partial charge >= 0.3 is 0 Å². The van der Waals surface area contributed by atoms with Crippen LogP contribution in [0.4, 0.5) is 0 Å². The van der Waals surface area contributed by atoms with Gasteiger partial charge in [0.1, 0.15) is 5.75 Å². The van der Waals surface area contributed by atoms with E-state index in [1.807, 2.05) is 30.3 Å². The molecule has 0 heterocycles. The second-order valence-corrected chi connectivity index (χ2v) is 5.89. The molecule has 0 atom stereocenters. The van der Waals surface area contributed by atoms with Crippen LogP contribution >= 0.6 is 0 Å². The van der Waals surface area contributed by atoms with Gasteiger partial charge in [0.05, 0.1) is 13.7 Å². The van der Waals surface area contributed by atoms with Crippen LogP contribution in [0.1, 0.15) is 16.7 Å². The summed E-state index contributed by atoms with van der Waals surface area (Å²) >= 11 is 0. The highest BCUT2D eigenvalue weighted by Crippen LogP contribution is 2.10. The summed E-state index contributed by atoms with van der Waals surface area (Å²) in [5.74, 6) is 1.29. The van der Waals surface area contributed by atoms with Crippen LogP contribution in [0.3, 0.4) is 0 Å². The minimum absolute atomic E-state index is 0.0978. The summed E-state index contributed by atoms with van der Waals surface area (Å²) in [5.41, 5.74) is 3.39. The minimum Gasteiger partial charge on any atom is -0.497 e. The fourth-order valence-electron chi connectivity index (χ4n) is 2.40. The van der Waals surface area contributed by atoms with Gasteiger partial charge in [0.15, 0.2) is 5.96 Å². The highest BCUT2D eigenvalue weighted by Gasteiger charge is 2.04. The number of ether oxygens (including phenoxy) is 1. The average Bonchev–Trinajstić information content (AvgIpc) is 2.67. The summed E-state index contributed by atoms with van der Waals surface area (Å²) < 4.78 is 5.12. The number of aliphatic imine (C=N–C) groups is 1. The monoisotopic (exact) mass is 354 g/mol. The number of hydrogen-bond donors (Lipinski definition) is 3. The predicted molar refractivity (Wildman–Crippen MR) is 104 cm³/mol. The summed E-state index contributed by atoms with van der Waals surface area (Å²) in [6.07, 6.45) is 0. The molecular formula is C20H26N4O2. The smallest absolute Gasteiger partial charge is 0.239 e. The van der Waals surface area contributed by atoms with E-state index < -0.39 is 0 Å². The van der Waals surface area contributed by atoms with Gasteiger partial charge in [0.25, 0.3) is 0 Å². The van der Waals surface area contributed by atoms with E-state index in [0.29, 0.717) is 19.0 Å². The first kappa shape index (κ1) is 19.3. The fourth-order valence-corrected chi connectivity index (χ4v) is 2.40. The average molecular weight is 354 g/mol. The Balaban J connectivity index is 1.72. The van der Waals surface area contributed by atoms with Gasteiger partial charge in [-0.25, -0.2) is 0 Å². The molecule has 26 heavy (non-hydrogen) atoms. The Morgan fingerprint density at radius 2 is 1.73 bits per heavy atom. The maximum absolute atomic E-state index is 12.0. The molecule has 2 rings (SSSR count). The lowest BCUT2D eigenvalue weighted by atomic mass is 10.1. The van der Waals surface area contributed by atoms with E-state index in [2.05, 4.69) is 46.1 Å². The first-order valence-electron chi connectivity index (χ1n) is 8.50. The zero-order valence-corrected chi connectivity index (χ0v) is 15.5. The first-order chi connectivity index (χ1) is 12.6. The van der Waals surface area contributed by atoms with E-state index in [9.17, 15) is 4.79 Å². The number of benzene rings is 2. The van der Waals surface area contributed by atoms with Gasteiger partial charge in [-0.15, -0.1) is 0 Å². The van der Waals surface area contributed by atoms with Crippen LogP contribution in [-0.2, 0) is 17.9 Å². The molecule has 0 aliphatic rings. The van der Waals surface area contributed by atoms with Crippen molar-refractivity contribution in [3.05, 3.63) is 65.2 Å². The second-order valence-electron chi connectivity index (χ2n) is 5.89. The van der Waals surface area contributed by atoms with Crippen LogP contribution in [0.15, 0.2) is 53.5 Å². The molecule has 2 aromatic rings. The Kier molecular flexibility index (Phi) is 7.49. The van der Waals surface area contributed by atoms with Gasteiger partial charge in [-0.1, -0.05) is 42.0 Å². The molecule has 0 saturated carbocycles. The van der Waals surface area contributed by atoms with Crippen LogP contribution in [0.2, 0.25) is 0 Å².